The van der Waals surface area contributed by atoms with E-state index >= 15 is 0 Å². The van der Waals surface area contributed by atoms with E-state index in [0.29, 0.717) is 6.54 Å². The number of hydrogen-bond acceptors (Lipinski definition) is 2. The number of hydrogen-bond donors (Lipinski definition) is 1. The van der Waals surface area contributed by atoms with E-state index in [0.717, 1.165) is 4.68 Å². The summed E-state index contributed by atoms with van der Waals surface area (Å²) in [5.41, 5.74) is -1.06. The molecule has 1 N–H and O–H groups in total. The second-order valence-corrected chi connectivity index (χ2v) is 4.14. The van der Waals surface area contributed by atoms with Gasteiger partial charge in [0.1, 0.15) is 6.04 Å². The van der Waals surface area contributed by atoms with Gasteiger partial charge in [-0.2, -0.15) is 18.3 Å². The van der Waals surface area contributed by atoms with Gasteiger partial charge in [-0.1, -0.05) is 11.6 Å². The van der Waals surface area contributed by atoms with E-state index in [4.69, 9.17) is 11.6 Å². The van der Waals surface area contributed by atoms with Crippen molar-refractivity contribution in [3.8, 4) is 0 Å². The SMILES string of the molecule is CCNC(=O)C(C)n1nc(C(F)(F)F)c(Cl)c1C. The third-order valence-electron chi connectivity index (χ3n) is 2.44. The molecule has 102 valence electrons. The van der Waals surface area contributed by atoms with E-state index < -0.39 is 28.8 Å². The lowest BCUT2D eigenvalue weighted by molar-refractivity contribution is -0.141. The van der Waals surface area contributed by atoms with Gasteiger partial charge >= 0.3 is 6.18 Å². The third kappa shape index (κ3) is 2.77. The molecule has 0 fully saturated rings. The minimum atomic E-state index is -4.63. The summed E-state index contributed by atoms with van der Waals surface area (Å²) in [7, 11) is 0. The van der Waals surface area contributed by atoms with Gasteiger partial charge in [-0.15, -0.1) is 0 Å². The number of carbonyl (C=O) groups excluding carboxylic acids is 1. The van der Waals surface area contributed by atoms with Crippen LogP contribution < -0.4 is 5.32 Å². The lowest BCUT2D eigenvalue weighted by atomic mass is 10.3. The predicted octanol–water partition coefficient (Wildman–Crippen LogP) is 2.56. The first-order valence-electron chi connectivity index (χ1n) is 5.29. The molecule has 0 aliphatic rings. The fourth-order valence-electron chi connectivity index (χ4n) is 1.49. The fraction of sp³-hybridized carbons (Fsp3) is 0.600. The Balaban J connectivity index is 3.16. The van der Waals surface area contributed by atoms with Crippen molar-refractivity contribution in [1.82, 2.24) is 15.1 Å². The molecular weight excluding hydrogens is 271 g/mol. The van der Waals surface area contributed by atoms with Gasteiger partial charge in [-0.25, -0.2) is 0 Å². The second-order valence-electron chi connectivity index (χ2n) is 3.76. The topological polar surface area (TPSA) is 46.9 Å². The molecule has 1 amide bonds. The zero-order valence-corrected chi connectivity index (χ0v) is 10.9. The summed E-state index contributed by atoms with van der Waals surface area (Å²) < 4.78 is 38.8. The average Bonchev–Trinajstić information content (AvgIpc) is 2.55. The van der Waals surface area contributed by atoms with Crippen LogP contribution in [0, 0.1) is 6.92 Å². The molecule has 1 unspecified atom stereocenters. The molecule has 0 saturated carbocycles. The zero-order valence-electron chi connectivity index (χ0n) is 10.1. The molecule has 18 heavy (non-hydrogen) atoms. The number of nitrogens with zero attached hydrogens (tertiary/aromatic N) is 2. The molecule has 1 heterocycles. The van der Waals surface area contributed by atoms with Crippen molar-refractivity contribution in [1.29, 1.82) is 0 Å². The Morgan fingerprint density at radius 1 is 1.56 bits per heavy atom. The Bertz CT molecular complexity index is 456. The summed E-state index contributed by atoms with van der Waals surface area (Å²) in [4.78, 5) is 11.6. The van der Waals surface area contributed by atoms with Crippen molar-refractivity contribution >= 4 is 17.5 Å². The molecule has 1 atom stereocenters. The highest BCUT2D eigenvalue weighted by Crippen LogP contribution is 2.36. The van der Waals surface area contributed by atoms with Crippen LogP contribution in [0.2, 0.25) is 5.02 Å². The first-order valence-corrected chi connectivity index (χ1v) is 5.67. The van der Waals surface area contributed by atoms with Crippen LogP contribution in [0.4, 0.5) is 13.2 Å². The van der Waals surface area contributed by atoms with E-state index in [9.17, 15) is 18.0 Å². The number of carbonyl (C=O) groups is 1. The van der Waals surface area contributed by atoms with Crippen molar-refractivity contribution < 1.29 is 18.0 Å². The van der Waals surface area contributed by atoms with Crippen LogP contribution >= 0.6 is 11.6 Å². The standard InChI is InChI=1S/C10H13ClF3N3O/c1-4-15-9(18)6(3)17-5(2)7(11)8(16-17)10(12,13)14/h6H,4H2,1-3H3,(H,15,18). The summed E-state index contributed by atoms with van der Waals surface area (Å²) in [5.74, 6) is -0.409. The number of nitrogens with one attached hydrogen (secondary N) is 1. The maximum Gasteiger partial charge on any atom is 0.436 e. The quantitative estimate of drug-likeness (QED) is 0.927. The monoisotopic (exact) mass is 283 g/mol. The maximum absolute atomic E-state index is 12.6. The Kier molecular flexibility index (Phi) is 4.26. The Morgan fingerprint density at radius 2 is 2.11 bits per heavy atom. The summed E-state index contributed by atoms with van der Waals surface area (Å²) in [6, 6.07) is -0.849. The van der Waals surface area contributed by atoms with Crippen LogP contribution in [-0.2, 0) is 11.0 Å². The lowest BCUT2D eigenvalue weighted by Crippen LogP contribution is -2.31. The molecule has 0 aliphatic carbocycles. The molecule has 0 aliphatic heterocycles. The van der Waals surface area contributed by atoms with Crippen molar-refractivity contribution in [3.05, 3.63) is 16.4 Å². The van der Waals surface area contributed by atoms with Gasteiger partial charge in [0.2, 0.25) is 5.91 Å². The molecule has 0 radical (unpaired) electrons. The molecule has 1 aromatic heterocycles. The Hall–Kier alpha value is -1.24. The van der Waals surface area contributed by atoms with Crippen molar-refractivity contribution in [2.45, 2.75) is 33.0 Å². The number of amides is 1. The van der Waals surface area contributed by atoms with Crippen LogP contribution in [0.25, 0.3) is 0 Å². The molecule has 4 nitrogen and oxygen atoms in total. The van der Waals surface area contributed by atoms with Crippen molar-refractivity contribution in [3.63, 3.8) is 0 Å². The fourth-order valence-corrected chi connectivity index (χ4v) is 1.72. The minimum absolute atomic E-state index is 0.114. The Labute approximate surface area is 107 Å². The number of likely N-dealkylation sites (N-methyl/N-ethyl adjacent to an activating group) is 1. The van der Waals surface area contributed by atoms with Crippen LogP contribution in [0.1, 0.15) is 31.3 Å². The summed E-state index contributed by atoms with van der Waals surface area (Å²) in [5, 5.41) is 5.42. The number of halogens is 4. The molecule has 0 saturated heterocycles. The first-order chi connectivity index (χ1) is 8.20. The van der Waals surface area contributed by atoms with E-state index in [1.165, 1.54) is 13.8 Å². The maximum atomic E-state index is 12.6. The smallest absolute Gasteiger partial charge is 0.355 e. The number of rotatable bonds is 3. The van der Waals surface area contributed by atoms with Crippen molar-refractivity contribution in [2.24, 2.45) is 0 Å². The highest BCUT2D eigenvalue weighted by molar-refractivity contribution is 6.32. The summed E-state index contributed by atoms with van der Waals surface area (Å²) in [6.07, 6.45) is -4.63. The zero-order chi connectivity index (χ0) is 14.1. The van der Waals surface area contributed by atoms with Gasteiger partial charge in [0.25, 0.3) is 0 Å². The van der Waals surface area contributed by atoms with E-state index in [1.807, 2.05) is 0 Å². The molecular formula is C10H13ClF3N3O. The highest BCUT2D eigenvalue weighted by Gasteiger charge is 2.39. The number of aromatic nitrogens is 2. The third-order valence-corrected chi connectivity index (χ3v) is 2.90. The highest BCUT2D eigenvalue weighted by atomic mass is 35.5. The van der Waals surface area contributed by atoms with Gasteiger partial charge in [-0.05, 0) is 20.8 Å². The Morgan fingerprint density at radius 3 is 2.50 bits per heavy atom. The van der Waals surface area contributed by atoms with Crippen LogP contribution in [0.15, 0.2) is 0 Å². The summed E-state index contributed by atoms with van der Waals surface area (Å²) in [6.45, 7) is 4.96. The number of alkyl halides is 3. The lowest BCUT2D eigenvalue weighted by Gasteiger charge is -2.13. The second kappa shape index (κ2) is 5.17. The molecule has 0 bridgehead atoms. The van der Waals surface area contributed by atoms with Crippen molar-refractivity contribution in [2.75, 3.05) is 6.54 Å². The summed E-state index contributed by atoms with van der Waals surface area (Å²) >= 11 is 5.59. The normalized spacial score (nSPS) is 13.5. The molecule has 8 heteroatoms. The first kappa shape index (κ1) is 14.8. The van der Waals surface area contributed by atoms with Gasteiger partial charge in [0.15, 0.2) is 5.69 Å². The van der Waals surface area contributed by atoms with E-state index in [2.05, 4.69) is 10.4 Å². The van der Waals surface area contributed by atoms with E-state index in [-0.39, 0.29) is 5.69 Å². The largest absolute Gasteiger partial charge is 0.436 e. The predicted molar refractivity (Wildman–Crippen MR) is 60.4 cm³/mol. The van der Waals surface area contributed by atoms with E-state index in [1.54, 1.807) is 6.92 Å². The molecule has 1 aromatic rings. The van der Waals surface area contributed by atoms with Gasteiger partial charge < -0.3 is 5.32 Å². The minimum Gasteiger partial charge on any atom is -0.355 e. The van der Waals surface area contributed by atoms with Crippen LogP contribution in [0.5, 0.6) is 0 Å². The van der Waals surface area contributed by atoms with Gasteiger partial charge in [0.05, 0.1) is 10.7 Å². The van der Waals surface area contributed by atoms with Crippen LogP contribution in [0.3, 0.4) is 0 Å². The molecule has 0 spiro atoms. The van der Waals surface area contributed by atoms with Gasteiger partial charge in [-0.3, -0.25) is 9.48 Å². The van der Waals surface area contributed by atoms with Crippen LogP contribution in [-0.4, -0.2) is 22.2 Å². The van der Waals surface area contributed by atoms with Gasteiger partial charge in [0, 0.05) is 6.54 Å². The molecule has 0 aromatic carbocycles. The molecule has 1 rings (SSSR count). The average molecular weight is 284 g/mol.